The zero-order chi connectivity index (χ0) is 11.2. The molecule has 3 rings (SSSR count). The van der Waals surface area contributed by atoms with Crippen LogP contribution in [0.1, 0.15) is 48.5 Å². The highest BCUT2D eigenvalue weighted by atomic mass is 16.5. The Kier molecular flexibility index (Phi) is 2.30. The van der Waals surface area contributed by atoms with Gasteiger partial charge in [-0.2, -0.15) is 0 Å². The molecule has 1 N–H and O–H groups in total. The Labute approximate surface area is 96.2 Å². The van der Waals surface area contributed by atoms with E-state index in [9.17, 15) is 5.11 Å². The molecule has 0 unspecified atom stereocenters. The van der Waals surface area contributed by atoms with Crippen molar-refractivity contribution in [3.63, 3.8) is 0 Å². The van der Waals surface area contributed by atoms with Crippen LogP contribution in [0.15, 0.2) is 18.2 Å². The molecule has 1 fully saturated rings. The van der Waals surface area contributed by atoms with Crippen LogP contribution in [0.3, 0.4) is 0 Å². The van der Waals surface area contributed by atoms with Gasteiger partial charge in [0.2, 0.25) is 0 Å². The van der Waals surface area contributed by atoms with Crippen molar-refractivity contribution in [3.05, 3.63) is 34.9 Å². The van der Waals surface area contributed by atoms with Gasteiger partial charge in [-0.25, -0.2) is 0 Å². The number of fused-ring (bicyclic) bond motifs is 1. The highest BCUT2D eigenvalue weighted by Crippen LogP contribution is 2.48. The molecule has 1 aromatic rings. The Morgan fingerprint density at radius 2 is 2.19 bits per heavy atom. The van der Waals surface area contributed by atoms with E-state index < -0.39 is 0 Å². The van der Waals surface area contributed by atoms with E-state index in [0.29, 0.717) is 0 Å². The summed E-state index contributed by atoms with van der Waals surface area (Å²) in [5.74, 6) is 0. The zero-order valence-corrected chi connectivity index (χ0v) is 9.70. The first-order valence-electron chi connectivity index (χ1n) is 6.12. The van der Waals surface area contributed by atoms with Gasteiger partial charge in [0.05, 0.1) is 11.7 Å². The first-order chi connectivity index (χ1) is 7.77. The van der Waals surface area contributed by atoms with Crippen LogP contribution in [0.25, 0.3) is 0 Å². The Morgan fingerprint density at radius 1 is 1.38 bits per heavy atom. The van der Waals surface area contributed by atoms with Crippen LogP contribution in [0.5, 0.6) is 0 Å². The highest BCUT2D eigenvalue weighted by Gasteiger charge is 2.41. The number of methoxy groups -OCH3 is 1. The average molecular weight is 218 g/mol. The predicted molar refractivity (Wildman–Crippen MR) is 62.3 cm³/mol. The van der Waals surface area contributed by atoms with Gasteiger partial charge in [0.1, 0.15) is 0 Å². The predicted octanol–water partition coefficient (Wildman–Crippen LogP) is 2.69. The summed E-state index contributed by atoms with van der Waals surface area (Å²) in [6.07, 6.45) is 5.10. The van der Waals surface area contributed by atoms with Crippen LogP contribution in [-0.4, -0.2) is 12.2 Å². The fraction of sp³-hybridized carbons (Fsp3) is 0.571. The van der Waals surface area contributed by atoms with Crippen molar-refractivity contribution < 1.29 is 9.84 Å². The molecule has 0 saturated heterocycles. The summed E-state index contributed by atoms with van der Waals surface area (Å²) in [7, 11) is 1.81. The Morgan fingerprint density at radius 3 is 2.81 bits per heavy atom. The van der Waals surface area contributed by atoms with E-state index in [4.69, 9.17) is 4.74 Å². The highest BCUT2D eigenvalue weighted by molar-refractivity contribution is 5.44. The number of aliphatic hydroxyl groups is 1. The first-order valence-corrected chi connectivity index (χ1v) is 6.12. The zero-order valence-electron chi connectivity index (χ0n) is 9.70. The molecule has 0 heterocycles. The Hall–Kier alpha value is -0.860. The fourth-order valence-corrected chi connectivity index (χ4v) is 3.14. The van der Waals surface area contributed by atoms with Crippen molar-refractivity contribution in [3.8, 4) is 0 Å². The Bertz CT molecular complexity index is 402. The van der Waals surface area contributed by atoms with Gasteiger partial charge in [0.25, 0.3) is 0 Å². The van der Waals surface area contributed by atoms with E-state index in [-0.39, 0.29) is 11.7 Å². The van der Waals surface area contributed by atoms with Gasteiger partial charge < -0.3 is 9.84 Å². The molecule has 0 radical (unpaired) electrons. The number of benzene rings is 1. The van der Waals surface area contributed by atoms with Gasteiger partial charge in [0.15, 0.2) is 0 Å². The van der Waals surface area contributed by atoms with Gasteiger partial charge in [0, 0.05) is 7.11 Å². The lowest BCUT2D eigenvalue weighted by molar-refractivity contribution is -0.0784. The quantitative estimate of drug-likeness (QED) is 0.827. The molecule has 1 atom stereocenters. The lowest BCUT2D eigenvalue weighted by atomic mass is 9.73. The maximum absolute atomic E-state index is 9.89. The third-order valence-electron chi connectivity index (χ3n) is 4.28. The van der Waals surface area contributed by atoms with E-state index in [2.05, 4.69) is 18.2 Å². The number of ether oxygens (including phenoxy) is 1. The number of aliphatic hydroxyl groups excluding tert-OH is 1. The summed E-state index contributed by atoms with van der Waals surface area (Å²) in [5, 5.41) is 9.89. The second kappa shape index (κ2) is 3.57. The van der Waals surface area contributed by atoms with E-state index in [1.807, 2.05) is 7.11 Å². The number of hydrogen-bond donors (Lipinski definition) is 1. The van der Waals surface area contributed by atoms with Crippen molar-refractivity contribution in [2.75, 3.05) is 7.11 Å². The Balaban J connectivity index is 2.08. The second-order valence-corrected chi connectivity index (χ2v) is 4.98. The molecule has 2 aliphatic rings. The lowest BCUT2D eigenvalue weighted by Crippen LogP contribution is -2.37. The molecule has 86 valence electrons. The lowest BCUT2D eigenvalue weighted by Gasteiger charge is -2.42. The molecule has 0 aliphatic heterocycles. The maximum atomic E-state index is 9.89. The van der Waals surface area contributed by atoms with Crippen LogP contribution in [0.2, 0.25) is 0 Å². The third-order valence-corrected chi connectivity index (χ3v) is 4.28. The summed E-state index contributed by atoms with van der Waals surface area (Å²) >= 11 is 0. The second-order valence-electron chi connectivity index (χ2n) is 4.98. The van der Waals surface area contributed by atoms with Crippen molar-refractivity contribution >= 4 is 0 Å². The normalized spacial score (nSPS) is 26.2. The average Bonchev–Trinajstić information content (AvgIpc) is 2.61. The van der Waals surface area contributed by atoms with E-state index >= 15 is 0 Å². The van der Waals surface area contributed by atoms with Gasteiger partial charge in [-0.15, -0.1) is 0 Å². The van der Waals surface area contributed by atoms with Crippen LogP contribution < -0.4 is 0 Å². The van der Waals surface area contributed by atoms with Crippen LogP contribution in [-0.2, 0) is 16.8 Å². The molecule has 2 nitrogen and oxygen atoms in total. The van der Waals surface area contributed by atoms with Crippen molar-refractivity contribution in [1.29, 1.82) is 0 Å². The number of hydrogen-bond acceptors (Lipinski definition) is 2. The minimum atomic E-state index is -0.260. The third kappa shape index (κ3) is 1.26. The van der Waals surface area contributed by atoms with Gasteiger partial charge in [-0.3, -0.25) is 0 Å². The first kappa shape index (κ1) is 10.3. The molecule has 0 aromatic heterocycles. The largest absolute Gasteiger partial charge is 0.388 e. The smallest absolute Gasteiger partial charge is 0.0930 e. The summed E-state index contributed by atoms with van der Waals surface area (Å²) < 4.78 is 5.74. The SMILES string of the molecule is COC1(c2cccc3c2CC[C@@H]3O)CCC1. The molecule has 2 heteroatoms. The van der Waals surface area contributed by atoms with Crippen molar-refractivity contribution in [2.45, 2.75) is 43.8 Å². The van der Waals surface area contributed by atoms with Gasteiger partial charge >= 0.3 is 0 Å². The fourth-order valence-electron chi connectivity index (χ4n) is 3.14. The van der Waals surface area contributed by atoms with Crippen molar-refractivity contribution in [2.24, 2.45) is 0 Å². The summed E-state index contributed by atoms with van der Waals surface area (Å²) in [6, 6.07) is 6.29. The van der Waals surface area contributed by atoms with E-state index in [0.717, 1.165) is 31.2 Å². The summed E-state index contributed by atoms with van der Waals surface area (Å²) in [4.78, 5) is 0. The summed E-state index contributed by atoms with van der Waals surface area (Å²) in [5.41, 5.74) is 3.75. The topological polar surface area (TPSA) is 29.5 Å². The molecular formula is C14H18O2. The molecule has 1 saturated carbocycles. The molecule has 0 spiro atoms. The molecule has 0 bridgehead atoms. The monoisotopic (exact) mass is 218 g/mol. The van der Waals surface area contributed by atoms with Crippen LogP contribution in [0, 0.1) is 0 Å². The van der Waals surface area contributed by atoms with Crippen LogP contribution in [0.4, 0.5) is 0 Å². The standard InChI is InChI=1S/C14H18O2/c1-16-14(8-3-9-14)12-5-2-4-11-10(12)6-7-13(11)15/h2,4-5,13,15H,3,6-9H2,1H3/t13-/m0/s1. The summed E-state index contributed by atoms with van der Waals surface area (Å²) in [6.45, 7) is 0. The van der Waals surface area contributed by atoms with E-state index in [1.165, 1.54) is 17.5 Å². The molecule has 0 amide bonds. The minimum Gasteiger partial charge on any atom is -0.388 e. The molecule has 1 aromatic carbocycles. The minimum absolute atomic E-state index is 0.0462. The maximum Gasteiger partial charge on any atom is 0.0930 e. The van der Waals surface area contributed by atoms with Crippen molar-refractivity contribution in [1.82, 2.24) is 0 Å². The van der Waals surface area contributed by atoms with Gasteiger partial charge in [-0.1, -0.05) is 18.2 Å². The molecule has 16 heavy (non-hydrogen) atoms. The van der Waals surface area contributed by atoms with E-state index in [1.54, 1.807) is 0 Å². The van der Waals surface area contributed by atoms with Gasteiger partial charge in [-0.05, 0) is 48.8 Å². The molecule has 2 aliphatic carbocycles. The molecular weight excluding hydrogens is 200 g/mol. The van der Waals surface area contributed by atoms with Crippen LogP contribution >= 0.6 is 0 Å². The number of rotatable bonds is 2.